The molecule has 1 amide bonds. The molecule has 0 aliphatic heterocycles. The summed E-state index contributed by atoms with van der Waals surface area (Å²) in [6.45, 7) is 3.87. The van der Waals surface area contributed by atoms with Crippen molar-refractivity contribution in [1.29, 1.82) is 0 Å². The minimum absolute atomic E-state index is 0.0326. The number of nitrogens with one attached hydrogen (secondary N) is 2. The molecule has 23 heavy (non-hydrogen) atoms. The van der Waals surface area contributed by atoms with Crippen LogP contribution in [0.15, 0.2) is 59.5 Å². The highest BCUT2D eigenvalue weighted by molar-refractivity contribution is 7.92. The number of hydrogen-bond acceptors (Lipinski definition) is 3. The van der Waals surface area contributed by atoms with Crippen molar-refractivity contribution in [1.82, 2.24) is 5.32 Å². The maximum atomic E-state index is 12.4. The van der Waals surface area contributed by atoms with E-state index in [0.717, 1.165) is 6.42 Å². The topological polar surface area (TPSA) is 75.3 Å². The molecule has 2 aromatic rings. The first-order valence-electron chi connectivity index (χ1n) is 7.41. The van der Waals surface area contributed by atoms with Crippen LogP contribution in [-0.4, -0.2) is 20.4 Å². The fraction of sp³-hybridized carbons (Fsp3) is 0.235. The number of carbonyl (C=O) groups excluding carboxylic acids is 1. The van der Waals surface area contributed by atoms with Gasteiger partial charge < -0.3 is 5.32 Å². The Morgan fingerprint density at radius 3 is 2.43 bits per heavy atom. The van der Waals surface area contributed by atoms with Crippen LogP contribution in [0, 0.1) is 0 Å². The lowest BCUT2D eigenvalue weighted by molar-refractivity contribution is 0.0939. The number of anilines is 1. The molecule has 2 aromatic carbocycles. The van der Waals surface area contributed by atoms with Crippen LogP contribution in [0.25, 0.3) is 0 Å². The van der Waals surface area contributed by atoms with Crippen molar-refractivity contribution in [2.24, 2.45) is 0 Å². The van der Waals surface area contributed by atoms with Crippen molar-refractivity contribution in [3.8, 4) is 0 Å². The Labute approximate surface area is 136 Å². The zero-order valence-corrected chi connectivity index (χ0v) is 13.9. The normalized spacial score (nSPS) is 12.4. The Balaban J connectivity index is 2.23. The molecule has 0 fully saturated rings. The summed E-state index contributed by atoms with van der Waals surface area (Å²) in [5.74, 6) is -0.281. The molecular formula is C17H20N2O3S. The largest absolute Gasteiger partial charge is 0.350 e. The average molecular weight is 332 g/mol. The molecule has 0 unspecified atom stereocenters. The van der Waals surface area contributed by atoms with Gasteiger partial charge in [-0.15, -0.1) is 0 Å². The molecule has 0 heterocycles. The Hall–Kier alpha value is -2.34. The van der Waals surface area contributed by atoms with E-state index >= 15 is 0 Å². The number of carbonyl (C=O) groups is 1. The highest BCUT2D eigenvalue weighted by atomic mass is 32.2. The van der Waals surface area contributed by atoms with Gasteiger partial charge in [0.15, 0.2) is 0 Å². The summed E-state index contributed by atoms with van der Waals surface area (Å²) in [6.07, 6.45) is 0.805. The first-order valence-corrected chi connectivity index (χ1v) is 8.89. The van der Waals surface area contributed by atoms with Gasteiger partial charge in [0.05, 0.1) is 4.90 Å². The van der Waals surface area contributed by atoms with E-state index in [1.54, 1.807) is 42.5 Å². The van der Waals surface area contributed by atoms with E-state index in [0.29, 0.717) is 11.3 Å². The van der Waals surface area contributed by atoms with E-state index < -0.39 is 10.0 Å². The summed E-state index contributed by atoms with van der Waals surface area (Å²) in [7, 11) is -3.73. The molecule has 2 rings (SSSR count). The summed E-state index contributed by atoms with van der Waals surface area (Å²) < 4.78 is 27.3. The molecule has 5 nitrogen and oxygen atoms in total. The van der Waals surface area contributed by atoms with Crippen molar-refractivity contribution in [3.63, 3.8) is 0 Å². The molecule has 0 aromatic heterocycles. The Kier molecular flexibility index (Phi) is 5.39. The maximum Gasteiger partial charge on any atom is 0.261 e. The third-order valence-corrected chi connectivity index (χ3v) is 4.80. The number of amides is 1. The quantitative estimate of drug-likeness (QED) is 0.854. The summed E-state index contributed by atoms with van der Waals surface area (Å²) >= 11 is 0. The van der Waals surface area contributed by atoms with Crippen LogP contribution in [-0.2, 0) is 10.0 Å². The van der Waals surface area contributed by atoms with E-state index in [-0.39, 0.29) is 16.8 Å². The number of para-hydroxylation sites is 1. The summed E-state index contributed by atoms with van der Waals surface area (Å²) in [5.41, 5.74) is 0.795. The van der Waals surface area contributed by atoms with Gasteiger partial charge in [0.25, 0.3) is 15.9 Å². The molecule has 0 saturated heterocycles. The third kappa shape index (κ3) is 4.56. The van der Waals surface area contributed by atoms with Crippen LogP contribution in [0.2, 0.25) is 0 Å². The second-order valence-electron chi connectivity index (χ2n) is 5.28. The highest BCUT2D eigenvalue weighted by Gasteiger charge is 2.17. The molecule has 0 bridgehead atoms. The zero-order valence-electron chi connectivity index (χ0n) is 13.1. The van der Waals surface area contributed by atoms with Gasteiger partial charge in [0.2, 0.25) is 0 Å². The number of rotatable bonds is 6. The lowest BCUT2D eigenvalue weighted by atomic mass is 10.2. The minimum atomic E-state index is -3.73. The molecule has 0 aliphatic rings. The van der Waals surface area contributed by atoms with Gasteiger partial charge in [-0.1, -0.05) is 31.2 Å². The van der Waals surface area contributed by atoms with Crippen LogP contribution in [0.3, 0.4) is 0 Å². The fourth-order valence-electron chi connectivity index (χ4n) is 1.93. The van der Waals surface area contributed by atoms with Crippen molar-refractivity contribution in [3.05, 3.63) is 60.2 Å². The van der Waals surface area contributed by atoms with Gasteiger partial charge in [0.1, 0.15) is 0 Å². The lowest BCUT2D eigenvalue weighted by Crippen LogP contribution is -2.32. The monoisotopic (exact) mass is 332 g/mol. The molecule has 122 valence electrons. The molecule has 2 N–H and O–H groups in total. The molecule has 0 aliphatic carbocycles. The Morgan fingerprint density at radius 1 is 1.09 bits per heavy atom. The predicted octanol–water partition coefficient (Wildman–Crippen LogP) is 3.02. The standard InChI is InChI=1S/C17H20N2O3S/c1-3-13(2)18-17(20)14-8-7-11-16(12-14)23(21,22)19-15-9-5-4-6-10-15/h4-13,19H,3H2,1-2H3,(H,18,20)/t13-/m0/s1. The third-order valence-electron chi connectivity index (χ3n) is 3.42. The van der Waals surface area contributed by atoms with Crippen LogP contribution >= 0.6 is 0 Å². The summed E-state index contributed by atoms with van der Waals surface area (Å²) in [5, 5.41) is 2.82. The van der Waals surface area contributed by atoms with Gasteiger partial charge in [-0.25, -0.2) is 8.42 Å². The van der Waals surface area contributed by atoms with E-state index in [2.05, 4.69) is 10.0 Å². The fourth-order valence-corrected chi connectivity index (χ4v) is 3.04. The average Bonchev–Trinajstić information content (AvgIpc) is 2.55. The highest BCUT2D eigenvalue weighted by Crippen LogP contribution is 2.17. The predicted molar refractivity (Wildman–Crippen MR) is 90.9 cm³/mol. The number of sulfonamides is 1. The second-order valence-corrected chi connectivity index (χ2v) is 6.96. The van der Waals surface area contributed by atoms with Crippen molar-refractivity contribution in [2.75, 3.05) is 4.72 Å². The van der Waals surface area contributed by atoms with Gasteiger partial charge in [-0.2, -0.15) is 0 Å². The SMILES string of the molecule is CC[C@H](C)NC(=O)c1cccc(S(=O)(=O)Nc2ccccc2)c1. The van der Waals surface area contributed by atoms with Crippen molar-refractivity contribution >= 4 is 21.6 Å². The zero-order chi connectivity index (χ0) is 16.9. The van der Waals surface area contributed by atoms with Crippen molar-refractivity contribution < 1.29 is 13.2 Å². The van der Waals surface area contributed by atoms with Crippen LogP contribution in [0.1, 0.15) is 30.6 Å². The minimum Gasteiger partial charge on any atom is -0.350 e. The Bertz CT molecular complexity index is 773. The van der Waals surface area contributed by atoms with Crippen LogP contribution in [0.5, 0.6) is 0 Å². The summed E-state index contributed by atoms with van der Waals surface area (Å²) in [4.78, 5) is 12.2. The molecule has 0 saturated carbocycles. The van der Waals surface area contributed by atoms with Gasteiger partial charge in [0, 0.05) is 17.3 Å². The van der Waals surface area contributed by atoms with E-state index in [1.807, 2.05) is 13.8 Å². The van der Waals surface area contributed by atoms with Gasteiger partial charge in [-0.3, -0.25) is 9.52 Å². The molecular weight excluding hydrogens is 312 g/mol. The van der Waals surface area contributed by atoms with Crippen LogP contribution < -0.4 is 10.0 Å². The first kappa shape index (κ1) is 17.0. The number of benzene rings is 2. The second kappa shape index (κ2) is 7.28. The smallest absolute Gasteiger partial charge is 0.261 e. The van der Waals surface area contributed by atoms with E-state index in [4.69, 9.17) is 0 Å². The maximum absolute atomic E-state index is 12.4. The Morgan fingerprint density at radius 2 is 1.78 bits per heavy atom. The molecule has 6 heteroatoms. The first-order chi connectivity index (χ1) is 10.9. The number of hydrogen-bond donors (Lipinski definition) is 2. The van der Waals surface area contributed by atoms with Gasteiger partial charge >= 0.3 is 0 Å². The molecule has 1 atom stereocenters. The lowest BCUT2D eigenvalue weighted by Gasteiger charge is -2.12. The summed E-state index contributed by atoms with van der Waals surface area (Å²) in [6, 6.07) is 14.6. The van der Waals surface area contributed by atoms with E-state index in [9.17, 15) is 13.2 Å². The van der Waals surface area contributed by atoms with E-state index in [1.165, 1.54) is 12.1 Å². The molecule has 0 spiro atoms. The van der Waals surface area contributed by atoms with Crippen LogP contribution in [0.4, 0.5) is 5.69 Å². The van der Waals surface area contributed by atoms with Gasteiger partial charge in [-0.05, 0) is 43.7 Å². The van der Waals surface area contributed by atoms with Crippen molar-refractivity contribution in [2.45, 2.75) is 31.2 Å². The molecule has 0 radical (unpaired) electrons.